The second-order valence-electron chi connectivity index (χ2n) is 2.70. The first-order chi connectivity index (χ1) is 6.72. The first kappa shape index (κ1) is 13.3. The third kappa shape index (κ3) is 6.77. The quantitative estimate of drug-likeness (QED) is 0.758. The third-order valence-corrected chi connectivity index (χ3v) is 2.18. The van der Waals surface area contributed by atoms with Crippen LogP contribution in [0.5, 0.6) is 0 Å². The Morgan fingerprint density at radius 2 is 1.93 bits per heavy atom. The van der Waals surface area contributed by atoms with Crippen LogP contribution in [0.15, 0.2) is 35.2 Å². The molecule has 0 fully saturated rings. The van der Waals surface area contributed by atoms with Gasteiger partial charge < -0.3 is 10.3 Å². The van der Waals surface area contributed by atoms with Crippen molar-refractivity contribution in [3.8, 4) is 0 Å². The van der Waals surface area contributed by atoms with E-state index in [9.17, 15) is 4.21 Å². The van der Waals surface area contributed by atoms with Gasteiger partial charge in [0.1, 0.15) is 0 Å². The fraction of sp³-hybridized carbons (Fsp3) is 0.400. The Morgan fingerprint density at radius 1 is 1.36 bits per heavy atom. The molecule has 1 atom stereocenters. The van der Waals surface area contributed by atoms with E-state index in [-0.39, 0.29) is 0 Å². The second kappa shape index (κ2) is 8.87. The van der Waals surface area contributed by atoms with Crippen molar-refractivity contribution in [2.75, 3.05) is 6.54 Å². The summed E-state index contributed by atoms with van der Waals surface area (Å²) in [7, 11) is 0. The molecular formula is C10H17NO2S. The Labute approximate surface area is 87.6 Å². The summed E-state index contributed by atoms with van der Waals surface area (Å²) >= 11 is -1.83. The highest BCUT2D eigenvalue weighted by molar-refractivity contribution is 7.79. The molecule has 3 nitrogen and oxygen atoms in total. The van der Waals surface area contributed by atoms with E-state index in [1.165, 1.54) is 12.8 Å². The number of nitrogens with two attached hydrogens (primary N) is 1. The first-order valence-corrected chi connectivity index (χ1v) is 5.69. The monoisotopic (exact) mass is 215 g/mol. The summed E-state index contributed by atoms with van der Waals surface area (Å²) in [5, 5.41) is 0. The predicted octanol–water partition coefficient (Wildman–Crippen LogP) is 2.01. The minimum Gasteiger partial charge on any atom is -0.330 e. The van der Waals surface area contributed by atoms with Gasteiger partial charge >= 0.3 is 0 Å². The molecule has 1 unspecified atom stereocenters. The summed E-state index contributed by atoms with van der Waals surface area (Å²) in [5.41, 5.74) is 5.14. The van der Waals surface area contributed by atoms with Crippen LogP contribution < -0.4 is 5.73 Å². The number of benzene rings is 1. The lowest BCUT2D eigenvalue weighted by molar-refractivity contribution is 0.564. The maximum Gasteiger partial charge on any atom is 0.186 e. The summed E-state index contributed by atoms with van der Waals surface area (Å²) in [6.07, 6.45) is 2.39. The van der Waals surface area contributed by atoms with Crippen LogP contribution in [-0.4, -0.2) is 15.3 Å². The van der Waals surface area contributed by atoms with E-state index in [2.05, 4.69) is 6.92 Å². The van der Waals surface area contributed by atoms with E-state index >= 15 is 0 Å². The summed E-state index contributed by atoms with van der Waals surface area (Å²) in [4.78, 5) is 0.442. The molecule has 0 amide bonds. The smallest absolute Gasteiger partial charge is 0.186 e. The van der Waals surface area contributed by atoms with Crippen LogP contribution in [0.2, 0.25) is 0 Å². The lowest BCUT2D eigenvalue weighted by Crippen LogP contribution is -1.95. The highest BCUT2D eigenvalue weighted by Crippen LogP contribution is 2.00. The van der Waals surface area contributed by atoms with E-state index in [1.54, 1.807) is 30.3 Å². The van der Waals surface area contributed by atoms with Crippen molar-refractivity contribution in [2.24, 2.45) is 5.73 Å². The molecular weight excluding hydrogens is 198 g/mol. The average molecular weight is 215 g/mol. The summed E-state index contributed by atoms with van der Waals surface area (Å²) < 4.78 is 18.8. The molecule has 0 radical (unpaired) electrons. The molecule has 0 spiro atoms. The molecule has 0 aliphatic rings. The van der Waals surface area contributed by atoms with E-state index < -0.39 is 11.1 Å². The average Bonchev–Trinajstić information content (AvgIpc) is 2.21. The Kier molecular flexibility index (Phi) is 8.42. The van der Waals surface area contributed by atoms with E-state index in [0.29, 0.717) is 4.90 Å². The minimum atomic E-state index is -1.83. The molecule has 0 aromatic heterocycles. The normalized spacial score (nSPS) is 11.4. The van der Waals surface area contributed by atoms with Gasteiger partial charge in [0.15, 0.2) is 11.1 Å². The van der Waals surface area contributed by atoms with Gasteiger partial charge in [-0.1, -0.05) is 31.5 Å². The first-order valence-electron chi connectivity index (χ1n) is 4.58. The van der Waals surface area contributed by atoms with Gasteiger partial charge in [-0.15, -0.1) is 0 Å². The zero-order valence-corrected chi connectivity index (χ0v) is 9.17. The van der Waals surface area contributed by atoms with Gasteiger partial charge in [0, 0.05) is 0 Å². The third-order valence-electron chi connectivity index (χ3n) is 1.50. The zero-order chi connectivity index (χ0) is 10.8. The molecule has 1 aromatic rings. The van der Waals surface area contributed by atoms with E-state index in [4.69, 9.17) is 10.3 Å². The predicted molar refractivity (Wildman–Crippen MR) is 59.4 cm³/mol. The summed E-state index contributed by atoms with van der Waals surface area (Å²) in [6, 6.07) is 8.47. The van der Waals surface area contributed by atoms with Crippen LogP contribution in [0, 0.1) is 0 Å². The number of unbranched alkanes of at least 4 members (excludes halogenated alkanes) is 1. The van der Waals surface area contributed by atoms with Crippen molar-refractivity contribution < 1.29 is 8.76 Å². The largest absolute Gasteiger partial charge is 0.330 e. The number of rotatable bonds is 3. The van der Waals surface area contributed by atoms with Crippen molar-refractivity contribution in [1.82, 2.24) is 0 Å². The Balaban J connectivity index is 0.000000292. The molecule has 0 heterocycles. The van der Waals surface area contributed by atoms with E-state index in [0.717, 1.165) is 6.54 Å². The Morgan fingerprint density at radius 3 is 2.14 bits per heavy atom. The summed E-state index contributed by atoms with van der Waals surface area (Å²) in [5.74, 6) is 0. The lowest BCUT2D eigenvalue weighted by atomic mass is 10.3. The van der Waals surface area contributed by atoms with E-state index in [1.807, 2.05) is 0 Å². The van der Waals surface area contributed by atoms with Gasteiger partial charge in [0.25, 0.3) is 0 Å². The number of hydrogen-bond donors (Lipinski definition) is 2. The molecule has 0 saturated heterocycles. The molecule has 0 saturated carbocycles. The van der Waals surface area contributed by atoms with Gasteiger partial charge in [-0.25, -0.2) is 4.21 Å². The van der Waals surface area contributed by atoms with Crippen molar-refractivity contribution in [3.05, 3.63) is 30.3 Å². The van der Waals surface area contributed by atoms with Gasteiger partial charge in [-0.05, 0) is 25.1 Å². The van der Waals surface area contributed by atoms with Crippen LogP contribution in [0.3, 0.4) is 0 Å². The van der Waals surface area contributed by atoms with Crippen LogP contribution in [-0.2, 0) is 11.1 Å². The topological polar surface area (TPSA) is 63.3 Å². The molecule has 4 heteroatoms. The molecule has 80 valence electrons. The fourth-order valence-electron chi connectivity index (χ4n) is 0.741. The second-order valence-corrected chi connectivity index (χ2v) is 3.67. The van der Waals surface area contributed by atoms with Gasteiger partial charge in [0.05, 0.1) is 4.90 Å². The van der Waals surface area contributed by atoms with Gasteiger partial charge in [-0.2, -0.15) is 0 Å². The highest BCUT2D eigenvalue weighted by atomic mass is 32.2. The molecule has 3 N–H and O–H groups in total. The Hall–Kier alpha value is -0.710. The van der Waals surface area contributed by atoms with Crippen molar-refractivity contribution >= 4 is 11.1 Å². The van der Waals surface area contributed by atoms with Gasteiger partial charge in [0.2, 0.25) is 0 Å². The molecule has 1 rings (SSSR count). The SMILES string of the molecule is CCCCN.O=S(O)c1ccccc1. The summed E-state index contributed by atoms with van der Waals surface area (Å²) in [6.45, 7) is 2.98. The molecule has 0 aliphatic heterocycles. The molecule has 1 aromatic carbocycles. The van der Waals surface area contributed by atoms with Crippen LogP contribution in [0.1, 0.15) is 19.8 Å². The highest BCUT2D eigenvalue weighted by Gasteiger charge is 1.93. The fourth-order valence-corrected chi connectivity index (χ4v) is 1.13. The number of hydrogen-bond acceptors (Lipinski definition) is 2. The van der Waals surface area contributed by atoms with Crippen LogP contribution in [0.4, 0.5) is 0 Å². The molecule has 0 bridgehead atoms. The van der Waals surface area contributed by atoms with Crippen molar-refractivity contribution in [3.63, 3.8) is 0 Å². The van der Waals surface area contributed by atoms with Crippen LogP contribution >= 0.6 is 0 Å². The Bertz CT molecular complexity index is 250. The standard InChI is InChI=1S/C6H6O2S.C4H11N/c7-9(8)6-4-2-1-3-5-6;1-2-3-4-5/h1-5H,(H,7,8);2-5H2,1H3. The molecule has 0 aliphatic carbocycles. The van der Waals surface area contributed by atoms with Gasteiger partial charge in [-0.3, -0.25) is 0 Å². The minimum absolute atomic E-state index is 0.442. The van der Waals surface area contributed by atoms with Crippen molar-refractivity contribution in [2.45, 2.75) is 24.7 Å². The maximum atomic E-state index is 10.3. The molecule has 14 heavy (non-hydrogen) atoms. The van der Waals surface area contributed by atoms with Crippen LogP contribution in [0.25, 0.3) is 0 Å². The maximum absolute atomic E-state index is 10.3. The van der Waals surface area contributed by atoms with Crippen molar-refractivity contribution in [1.29, 1.82) is 0 Å². The zero-order valence-electron chi connectivity index (χ0n) is 8.35. The lowest BCUT2D eigenvalue weighted by Gasteiger charge is -1.89.